The summed E-state index contributed by atoms with van der Waals surface area (Å²) in [4.78, 5) is 13.6. The van der Waals surface area contributed by atoms with E-state index in [0.29, 0.717) is 12.5 Å². The smallest absolute Gasteiger partial charge is 0.320 e. The highest BCUT2D eigenvalue weighted by Crippen LogP contribution is 2.16. The molecule has 5 heteroatoms. The molecule has 2 rings (SSSR count). The highest BCUT2D eigenvalue weighted by atomic mass is 35.5. The Morgan fingerprint density at radius 1 is 1.36 bits per heavy atom. The van der Waals surface area contributed by atoms with Crippen LogP contribution in [0.3, 0.4) is 0 Å². The van der Waals surface area contributed by atoms with Gasteiger partial charge in [-0.15, -0.1) is 0 Å². The molecule has 1 unspecified atom stereocenters. The standard InChI is InChI=1S/C17H25ClN2O2/c1-2-3-16(17(21)22)19-15-8-10-20(11-9-15)12-13-4-6-14(18)7-5-13/h4-7,15-16,19H,2-3,8-12H2,1H3,(H,21,22). The Morgan fingerprint density at radius 3 is 2.55 bits per heavy atom. The first-order valence-electron chi connectivity index (χ1n) is 8.04. The molecule has 1 aliphatic heterocycles. The lowest BCUT2D eigenvalue weighted by atomic mass is 10.0. The van der Waals surface area contributed by atoms with Crippen LogP contribution < -0.4 is 5.32 Å². The minimum absolute atomic E-state index is 0.314. The summed E-state index contributed by atoms with van der Waals surface area (Å²) in [5, 5.41) is 13.3. The fourth-order valence-corrected chi connectivity index (χ4v) is 3.08. The van der Waals surface area contributed by atoms with Crippen molar-refractivity contribution in [2.75, 3.05) is 13.1 Å². The third-order valence-electron chi connectivity index (χ3n) is 4.22. The van der Waals surface area contributed by atoms with Crippen molar-refractivity contribution in [2.45, 2.75) is 51.2 Å². The van der Waals surface area contributed by atoms with Crippen molar-refractivity contribution in [3.05, 3.63) is 34.9 Å². The zero-order chi connectivity index (χ0) is 15.9. The van der Waals surface area contributed by atoms with Crippen LogP contribution in [0, 0.1) is 0 Å². The minimum Gasteiger partial charge on any atom is -0.480 e. The Hall–Kier alpha value is -1.10. The van der Waals surface area contributed by atoms with E-state index >= 15 is 0 Å². The molecule has 0 spiro atoms. The molecule has 1 fully saturated rings. The number of benzene rings is 1. The molecule has 0 radical (unpaired) electrons. The van der Waals surface area contributed by atoms with Gasteiger partial charge in [0.2, 0.25) is 0 Å². The number of piperidine rings is 1. The van der Waals surface area contributed by atoms with Crippen LogP contribution in [0.1, 0.15) is 38.2 Å². The van der Waals surface area contributed by atoms with Gasteiger partial charge >= 0.3 is 5.97 Å². The lowest BCUT2D eigenvalue weighted by molar-refractivity contribution is -0.140. The minimum atomic E-state index is -0.731. The fourth-order valence-electron chi connectivity index (χ4n) is 2.96. The number of nitrogens with zero attached hydrogens (tertiary/aromatic N) is 1. The van der Waals surface area contributed by atoms with Gasteiger partial charge in [0, 0.05) is 17.6 Å². The van der Waals surface area contributed by atoms with E-state index in [-0.39, 0.29) is 0 Å². The number of carboxylic acid groups (broad SMARTS) is 1. The Morgan fingerprint density at radius 2 is 2.00 bits per heavy atom. The second-order valence-electron chi connectivity index (χ2n) is 6.02. The van der Waals surface area contributed by atoms with Crippen LogP contribution >= 0.6 is 11.6 Å². The van der Waals surface area contributed by atoms with Crippen molar-refractivity contribution in [3.8, 4) is 0 Å². The monoisotopic (exact) mass is 324 g/mol. The molecule has 2 N–H and O–H groups in total. The maximum Gasteiger partial charge on any atom is 0.320 e. The molecule has 0 bridgehead atoms. The van der Waals surface area contributed by atoms with Crippen LogP contribution in [-0.4, -0.2) is 41.1 Å². The summed E-state index contributed by atoms with van der Waals surface area (Å²) in [6.45, 7) is 4.95. The van der Waals surface area contributed by atoms with Crippen molar-refractivity contribution in [2.24, 2.45) is 0 Å². The quantitative estimate of drug-likeness (QED) is 0.809. The fraction of sp³-hybridized carbons (Fsp3) is 0.588. The molecule has 1 atom stereocenters. The van der Waals surface area contributed by atoms with Crippen LogP contribution in [0.15, 0.2) is 24.3 Å². The number of aliphatic carboxylic acids is 1. The third-order valence-corrected chi connectivity index (χ3v) is 4.47. The summed E-state index contributed by atoms with van der Waals surface area (Å²) < 4.78 is 0. The van der Waals surface area contributed by atoms with Crippen molar-refractivity contribution >= 4 is 17.6 Å². The molecule has 0 saturated carbocycles. The van der Waals surface area contributed by atoms with E-state index in [4.69, 9.17) is 11.6 Å². The summed E-state index contributed by atoms with van der Waals surface area (Å²) >= 11 is 5.90. The van der Waals surface area contributed by atoms with Crippen molar-refractivity contribution in [1.29, 1.82) is 0 Å². The Balaban J connectivity index is 1.77. The van der Waals surface area contributed by atoms with E-state index < -0.39 is 12.0 Å². The number of rotatable bonds is 7. The lowest BCUT2D eigenvalue weighted by Crippen LogP contribution is -2.48. The topological polar surface area (TPSA) is 52.6 Å². The number of hydrogen-bond acceptors (Lipinski definition) is 3. The van der Waals surface area contributed by atoms with Crippen LogP contribution in [-0.2, 0) is 11.3 Å². The Kier molecular flexibility index (Phi) is 6.68. The van der Waals surface area contributed by atoms with Gasteiger partial charge in [-0.05, 0) is 50.0 Å². The summed E-state index contributed by atoms with van der Waals surface area (Å²) in [5.74, 6) is -0.731. The van der Waals surface area contributed by atoms with E-state index in [1.807, 2.05) is 19.1 Å². The van der Waals surface area contributed by atoms with Gasteiger partial charge in [-0.25, -0.2) is 0 Å². The van der Waals surface area contributed by atoms with Gasteiger partial charge in [-0.2, -0.15) is 0 Å². The van der Waals surface area contributed by atoms with Gasteiger partial charge in [0.05, 0.1) is 0 Å². The normalized spacial score (nSPS) is 18.3. The molecule has 1 aliphatic rings. The first-order valence-corrected chi connectivity index (χ1v) is 8.42. The SMILES string of the molecule is CCCC(NC1CCN(Cc2ccc(Cl)cc2)CC1)C(=O)O. The number of carbonyl (C=O) groups is 1. The van der Waals surface area contributed by atoms with E-state index in [0.717, 1.165) is 43.9 Å². The summed E-state index contributed by atoms with van der Waals surface area (Å²) in [6.07, 6.45) is 3.59. The first kappa shape index (κ1) is 17.3. The highest BCUT2D eigenvalue weighted by molar-refractivity contribution is 6.30. The predicted molar refractivity (Wildman–Crippen MR) is 89.2 cm³/mol. The molecule has 1 saturated heterocycles. The maximum atomic E-state index is 11.2. The molecular weight excluding hydrogens is 300 g/mol. The van der Waals surface area contributed by atoms with E-state index in [1.54, 1.807) is 0 Å². The molecule has 0 amide bonds. The summed E-state index contributed by atoms with van der Waals surface area (Å²) in [6, 6.07) is 7.88. The van der Waals surface area contributed by atoms with Crippen molar-refractivity contribution in [3.63, 3.8) is 0 Å². The number of carboxylic acids is 1. The molecule has 0 aromatic heterocycles. The molecule has 1 heterocycles. The third kappa shape index (κ3) is 5.27. The summed E-state index contributed by atoms with van der Waals surface area (Å²) in [5.41, 5.74) is 1.27. The molecule has 22 heavy (non-hydrogen) atoms. The average molecular weight is 325 g/mol. The molecule has 1 aromatic rings. The maximum absolute atomic E-state index is 11.2. The zero-order valence-electron chi connectivity index (χ0n) is 13.1. The van der Waals surface area contributed by atoms with Crippen molar-refractivity contribution in [1.82, 2.24) is 10.2 Å². The van der Waals surface area contributed by atoms with E-state index in [9.17, 15) is 9.90 Å². The lowest BCUT2D eigenvalue weighted by Gasteiger charge is -2.33. The molecule has 4 nitrogen and oxygen atoms in total. The van der Waals surface area contributed by atoms with Crippen LogP contribution in [0.4, 0.5) is 0 Å². The van der Waals surface area contributed by atoms with Gasteiger partial charge in [-0.1, -0.05) is 37.1 Å². The number of likely N-dealkylation sites (tertiary alicyclic amines) is 1. The Labute approximate surface area is 137 Å². The molecule has 1 aromatic carbocycles. The van der Waals surface area contributed by atoms with Gasteiger partial charge in [0.25, 0.3) is 0 Å². The zero-order valence-corrected chi connectivity index (χ0v) is 13.9. The highest BCUT2D eigenvalue weighted by Gasteiger charge is 2.24. The number of hydrogen-bond donors (Lipinski definition) is 2. The van der Waals surface area contributed by atoms with Gasteiger partial charge in [-0.3, -0.25) is 9.69 Å². The molecule has 0 aliphatic carbocycles. The van der Waals surface area contributed by atoms with Gasteiger partial charge in [0.1, 0.15) is 6.04 Å². The number of halogens is 1. The largest absolute Gasteiger partial charge is 0.480 e. The average Bonchev–Trinajstić information content (AvgIpc) is 2.51. The van der Waals surface area contributed by atoms with Crippen LogP contribution in [0.5, 0.6) is 0 Å². The van der Waals surface area contributed by atoms with E-state index in [1.165, 1.54) is 5.56 Å². The van der Waals surface area contributed by atoms with Crippen LogP contribution in [0.25, 0.3) is 0 Å². The molecular formula is C17H25ClN2O2. The van der Waals surface area contributed by atoms with Gasteiger partial charge < -0.3 is 10.4 Å². The second-order valence-corrected chi connectivity index (χ2v) is 6.46. The summed E-state index contributed by atoms with van der Waals surface area (Å²) in [7, 11) is 0. The van der Waals surface area contributed by atoms with Gasteiger partial charge in [0.15, 0.2) is 0 Å². The Bertz CT molecular complexity index is 470. The molecule has 122 valence electrons. The second kappa shape index (κ2) is 8.51. The first-order chi connectivity index (χ1) is 10.6. The van der Waals surface area contributed by atoms with Crippen molar-refractivity contribution < 1.29 is 9.90 Å². The predicted octanol–water partition coefficient (Wildman–Crippen LogP) is 3.15. The van der Waals surface area contributed by atoms with E-state index in [2.05, 4.69) is 22.3 Å². The van der Waals surface area contributed by atoms with Crippen LogP contribution in [0.2, 0.25) is 5.02 Å². The number of nitrogens with one attached hydrogen (secondary N) is 1.